The molecule has 1 saturated carbocycles. The van der Waals surface area contributed by atoms with E-state index in [-0.39, 0.29) is 12.3 Å². The second kappa shape index (κ2) is 5.90. The minimum Gasteiger partial charge on any atom is -0.364 e. The quantitative estimate of drug-likeness (QED) is 0.914. The van der Waals surface area contributed by atoms with Crippen molar-refractivity contribution in [2.45, 2.75) is 51.9 Å². The van der Waals surface area contributed by atoms with E-state index in [0.29, 0.717) is 12.8 Å². The summed E-state index contributed by atoms with van der Waals surface area (Å²) < 4.78 is 16.1. The molecular weight excluding hydrogens is 317 g/mol. The fraction of sp³-hybridized carbons (Fsp3) is 0.450. The van der Waals surface area contributed by atoms with Crippen molar-refractivity contribution in [1.82, 2.24) is 4.57 Å². The van der Waals surface area contributed by atoms with Crippen molar-refractivity contribution in [1.29, 1.82) is 0 Å². The fourth-order valence-corrected chi connectivity index (χ4v) is 3.64. The molecule has 0 bridgehead atoms. The van der Waals surface area contributed by atoms with Crippen LogP contribution in [0.15, 0.2) is 30.5 Å². The van der Waals surface area contributed by atoms with Crippen LogP contribution in [0.5, 0.6) is 0 Å². The highest BCUT2D eigenvalue weighted by molar-refractivity contribution is 5.93. The van der Waals surface area contributed by atoms with Gasteiger partial charge >= 0.3 is 0 Å². The maximum atomic E-state index is 13.8. The van der Waals surface area contributed by atoms with Crippen molar-refractivity contribution in [3.8, 4) is 0 Å². The zero-order valence-electron chi connectivity index (χ0n) is 14.8. The smallest absolute Gasteiger partial charge is 0.227 e. The molecule has 2 aliphatic rings. The van der Waals surface area contributed by atoms with Crippen molar-refractivity contribution in [3.05, 3.63) is 47.3 Å². The van der Waals surface area contributed by atoms with Crippen molar-refractivity contribution in [2.24, 2.45) is 0 Å². The van der Waals surface area contributed by atoms with Crippen LogP contribution in [0, 0.1) is 13.8 Å². The van der Waals surface area contributed by atoms with Crippen LogP contribution in [0.25, 0.3) is 0 Å². The number of amides is 1. The number of hydrogen-bond acceptors (Lipinski definition) is 2. The van der Waals surface area contributed by atoms with Crippen molar-refractivity contribution < 1.29 is 9.18 Å². The van der Waals surface area contributed by atoms with Crippen molar-refractivity contribution in [2.75, 3.05) is 16.8 Å². The van der Waals surface area contributed by atoms with E-state index in [1.807, 2.05) is 13.8 Å². The molecule has 1 N–H and O–H groups in total. The number of hydrogen-bond donors (Lipinski definition) is 1. The lowest BCUT2D eigenvalue weighted by Gasteiger charge is -2.31. The van der Waals surface area contributed by atoms with Crippen LogP contribution in [0.2, 0.25) is 0 Å². The lowest BCUT2D eigenvalue weighted by Crippen LogP contribution is -2.33. The van der Waals surface area contributed by atoms with Gasteiger partial charge in [-0.05, 0) is 62.1 Å². The Kier molecular flexibility index (Phi) is 3.82. The fourth-order valence-electron chi connectivity index (χ4n) is 3.64. The van der Waals surface area contributed by atoms with E-state index in [0.717, 1.165) is 36.4 Å². The second-order valence-electron chi connectivity index (χ2n) is 7.44. The van der Waals surface area contributed by atoms with Gasteiger partial charge in [0, 0.05) is 36.4 Å². The van der Waals surface area contributed by atoms with Crippen molar-refractivity contribution in [3.63, 3.8) is 0 Å². The van der Waals surface area contributed by atoms with Gasteiger partial charge in [0.05, 0.1) is 13.0 Å². The first kappa shape index (κ1) is 16.2. The van der Waals surface area contributed by atoms with E-state index in [9.17, 15) is 9.18 Å². The van der Waals surface area contributed by atoms with Gasteiger partial charge in [0.2, 0.25) is 5.91 Å². The van der Waals surface area contributed by atoms with Crippen LogP contribution in [0.4, 0.5) is 15.8 Å². The van der Waals surface area contributed by atoms with Crippen LogP contribution in [0.3, 0.4) is 0 Å². The largest absolute Gasteiger partial charge is 0.364 e. The molecule has 5 heteroatoms. The molecule has 0 unspecified atom stereocenters. The lowest BCUT2D eigenvalue weighted by molar-refractivity contribution is -0.117. The number of nitrogens with zero attached hydrogens (tertiary/aromatic N) is 2. The Labute approximate surface area is 147 Å². The predicted octanol–water partition coefficient (Wildman–Crippen LogP) is 3.96. The molecule has 1 amide bonds. The molecule has 2 aromatic rings. The summed E-state index contributed by atoms with van der Waals surface area (Å²) in [5, 5.41) is 2.92. The molecule has 25 heavy (non-hydrogen) atoms. The molecule has 0 saturated heterocycles. The number of aryl methyl sites for hydroxylation is 2. The average molecular weight is 341 g/mol. The molecule has 1 aromatic carbocycles. The third-order valence-corrected chi connectivity index (χ3v) is 5.30. The van der Waals surface area contributed by atoms with Gasteiger partial charge in [-0.3, -0.25) is 4.79 Å². The van der Waals surface area contributed by atoms with E-state index in [1.165, 1.54) is 11.4 Å². The zero-order chi connectivity index (χ0) is 17.6. The maximum Gasteiger partial charge on any atom is 0.227 e. The predicted molar refractivity (Wildman–Crippen MR) is 97.7 cm³/mol. The molecule has 1 fully saturated rings. The number of benzene rings is 1. The topological polar surface area (TPSA) is 37.3 Å². The van der Waals surface area contributed by atoms with Gasteiger partial charge in [0.1, 0.15) is 5.67 Å². The third-order valence-electron chi connectivity index (χ3n) is 5.30. The van der Waals surface area contributed by atoms with Gasteiger partial charge in [-0.2, -0.15) is 0 Å². The van der Waals surface area contributed by atoms with Crippen molar-refractivity contribution >= 4 is 17.3 Å². The highest BCUT2D eigenvalue weighted by Gasteiger charge is 2.44. The Morgan fingerprint density at radius 1 is 1.24 bits per heavy atom. The third kappa shape index (κ3) is 3.28. The Bertz CT molecular complexity index is 799. The first-order chi connectivity index (χ1) is 11.9. The first-order valence-electron chi connectivity index (χ1n) is 8.93. The average Bonchev–Trinajstić information content (AvgIpc) is 3.10. The van der Waals surface area contributed by atoms with E-state index in [4.69, 9.17) is 0 Å². The number of carbonyl (C=O) groups is 1. The number of alkyl halides is 1. The molecular formula is C20H24FN3O. The van der Waals surface area contributed by atoms with E-state index in [2.05, 4.69) is 45.2 Å². The molecule has 1 aliphatic carbocycles. The van der Waals surface area contributed by atoms with Gasteiger partial charge in [-0.25, -0.2) is 4.39 Å². The monoisotopic (exact) mass is 341 g/mol. The molecule has 0 spiro atoms. The van der Waals surface area contributed by atoms with Gasteiger partial charge < -0.3 is 14.8 Å². The summed E-state index contributed by atoms with van der Waals surface area (Å²) in [7, 11) is 0. The lowest BCUT2D eigenvalue weighted by atomic mass is 10.1. The summed E-state index contributed by atoms with van der Waals surface area (Å²) in [6.07, 6.45) is 3.11. The molecule has 1 aromatic heterocycles. The summed E-state index contributed by atoms with van der Waals surface area (Å²) in [5.74, 6) is -0.227. The summed E-state index contributed by atoms with van der Waals surface area (Å²) >= 11 is 0. The molecule has 2 heterocycles. The standard InChI is InChI=1S/C20H24FN3O/c1-14-10-17(24-9-8-23-7-3-4-16(23)13-24)11-15(2)19(14)22-18(25)12-20(21)5-6-20/h3-4,7,10-11H,5-6,8-9,12-13H2,1-2H3,(H,22,25). The summed E-state index contributed by atoms with van der Waals surface area (Å²) in [5.41, 5.74) is 4.09. The minimum atomic E-state index is -1.26. The minimum absolute atomic E-state index is 0.0310. The highest BCUT2D eigenvalue weighted by Crippen LogP contribution is 2.43. The van der Waals surface area contributed by atoms with Gasteiger partial charge in [-0.15, -0.1) is 0 Å². The van der Waals surface area contributed by atoms with Crippen LogP contribution in [0.1, 0.15) is 36.1 Å². The van der Waals surface area contributed by atoms with Crippen LogP contribution < -0.4 is 10.2 Å². The number of fused-ring (bicyclic) bond motifs is 1. The van der Waals surface area contributed by atoms with Crippen LogP contribution in [-0.4, -0.2) is 22.7 Å². The van der Waals surface area contributed by atoms with E-state index >= 15 is 0 Å². The number of rotatable bonds is 4. The first-order valence-corrected chi connectivity index (χ1v) is 8.93. The normalized spacial score (nSPS) is 18.0. The van der Waals surface area contributed by atoms with Gasteiger partial charge in [0.15, 0.2) is 0 Å². The Morgan fingerprint density at radius 2 is 1.96 bits per heavy atom. The van der Waals surface area contributed by atoms with Crippen LogP contribution in [-0.2, 0) is 17.9 Å². The molecule has 4 rings (SSSR count). The molecule has 1 aliphatic heterocycles. The molecule has 0 atom stereocenters. The van der Waals surface area contributed by atoms with Gasteiger partial charge in [-0.1, -0.05) is 0 Å². The number of nitrogens with one attached hydrogen (secondary N) is 1. The SMILES string of the molecule is Cc1cc(N2CCn3cccc3C2)cc(C)c1NC(=O)CC1(F)CC1. The second-order valence-corrected chi connectivity index (χ2v) is 7.44. The molecule has 132 valence electrons. The number of aromatic nitrogens is 1. The van der Waals surface area contributed by atoms with Crippen LogP contribution >= 0.6 is 0 Å². The molecule has 4 nitrogen and oxygen atoms in total. The highest BCUT2D eigenvalue weighted by atomic mass is 19.1. The number of carbonyl (C=O) groups excluding carboxylic acids is 1. The van der Waals surface area contributed by atoms with E-state index in [1.54, 1.807) is 0 Å². The Hall–Kier alpha value is -2.30. The number of anilines is 2. The Morgan fingerprint density at radius 3 is 2.64 bits per heavy atom. The Balaban J connectivity index is 1.51. The zero-order valence-corrected chi connectivity index (χ0v) is 14.8. The van der Waals surface area contributed by atoms with Gasteiger partial charge in [0.25, 0.3) is 0 Å². The summed E-state index contributed by atoms with van der Waals surface area (Å²) in [6, 6.07) is 8.48. The molecule has 0 radical (unpaired) electrons. The maximum absolute atomic E-state index is 13.8. The summed E-state index contributed by atoms with van der Waals surface area (Å²) in [4.78, 5) is 14.5. The number of halogens is 1. The van der Waals surface area contributed by atoms with E-state index < -0.39 is 5.67 Å². The summed E-state index contributed by atoms with van der Waals surface area (Å²) in [6.45, 7) is 6.85.